The molecule has 1 heterocycles. The third kappa shape index (κ3) is 4.43. The largest absolute Gasteiger partial charge is 0.478 e. The summed E-state index contributed by atoms with van der Waals surface area (Å²) in [4.78, 5) is 25.8. The lowest BCUT2D eigenvalue weighted by molar-refractivity contribution is -0.131. The lowest BCUT2D eigenvalue weighted by Gasteiger charge is -2.11. The Kier molecular flexibility index (Phi) is 4.36. The van der Waals surface area contributed by atoms with Crippen molar-refractivity contribution in [3.8, 4) is 0 Å². The molecule has 0 saturated heterocycles. The number of hydrogen-bond acceptors (Lipinski definition) is 4. The number of rotatable bonds is 4. The van der Waals surface area contributed by atoms with E-state index < -0.39 is 5.97 Å². The third-order valence-corrected chi connectivity index (χ3v) is 1.77. The van der Waals surface area contributed by atoms with Crippen molar-refractivity contribution in [1.82, 2.24) is 15.4 Å². The van der Waals surface area contributed by atoms with Crippen LogP contribution in [0.15, 0.2) is 24.5 Å². The van der Waals surface area contributed by atoms with Gasteiger partial charge in [0.25, 0.3) is 5.91 Å². The molecule has 0 spiro atoms. The highest BCUT2D eigenvalue weighted by Crippen LogP contribution is 2.04. The van der Waals surface area contributed by atoms with E-state index in [1.165, 1.54) is 23.5 Å². The van der Waals surface area contributed by atoms with E-state index in [0.717, 1.165) is 6.08 Å². The Morgan fingerprint density at radius 2 is 2.12 bits per heavy atom. The number of carboxylic acids is 1. The maximum absolute atomic E-state index is 11.6. The molecular weight excluding hydrogens is 222 g/mol. The van der Waals surface area contributed by atoms with Crippen LogP contribution in [0.2, 0.25) is 0 Å². The number of carboxylic acid groups (broad SMARTS) is 1. The number of hydrogen-bond donors (Lipinski definition) is 2. The van der Waals surface area contributed by atoms with Gasteiger partial charge in [-0.3, -0.25) is 15.2 Å². The molecule has 1 amide bonds. The molecule has 0 saturated carbocycles. The number of carbonyl (C=O) groups excluding carboxylic acids is 1. The molecule has 0 aliphatic rings. The van der Waals surface area contributed by atoms with Crippen LogP contribution in [-0.2, 0) is 4.79 Å². The van der Waals surface area contributed by atoms with Gasteiger partial charge in [0.05, 0.1) is 5.56 Å². The topological polar surface area (TPSA) is 82.5 Å². The predicted molar refractivity (Wildman–Crippen MR) is 62.1 cm³/mol. The van der Waals surface area contributed by atoms with Gasteiger partial charge >= 0.3 is 5.97 Å². The van der Waals surface area contributed by atoms with Crippen LogP contribution in [0.1, 0.15) is 15.9 Å². The molecule has 1 aromatic rings. The van der Waals surface area contributed by atoms with Crippen LogP contribution < -0.4 is 5.43 Å². The summed E-state index contributed by atoms with van der Waals surface area (Å²) in [6.07, 6.45) is 5.26. The number of hydrazine groups is 1. The summed E-state index contributed by atoms with van der Waals surface area (Å²) in [5.74, 6) is -1.35. The van der Waals surface area contributed by atoms with Gasteiger partial charge in [-0.25, -0.2) is 9.80 Å². The zero-order valence-electron chi connectivity index (χ0n) is 9.54. The Balaban J connectivity index is 2.85. The van der Waals surface area contributed by atoms with E-state index in [0.29, 0.717) is 11.1 Å². The summed E-state index contributed by atoms with van der Waals surface area (Å²) in [6.45, 7) is 0. The van der Waals surface area contributed by atoms with Gasteiger partial charge in [0, 0.05) is 32.6 Å². The second-order valence-corrected chi connectivity index (χ2v) is 3.51. The monoisotopic (exact) mass is 235 g/mol. The molecule has 0 fully saturated rings. The van der Waals surface area contributed by atoms with E-state index in [1.807, 2.05) is 0 Å². The van der Waals surface area contributed by atoms with E-state index in [1.54, 1.807) is 20.2 Å². The summed E-state index contributed by atoms with van der Waals surface area (Å²) < 4.78 is 0. The van der Waals surface area contributed by atoms with Crippen LogP contribution in [0.25, 0.3) is 6.08 Å². The minimum atomic E-state index is -1.05. The van der Waals surface area contributed by atoms with Crippen molar-refractivity contribution in [3.63, 3.8) is 0 Å². The zero-order chi connectivity index (χ0) is 12.8. The molecule has 0 aromatic carbocycles. The highest BCUT2D eigenvalue weighted by atomic mass is 16.4. The lowest BCUT2D eigenvalue weighted by Crippen LogP contribution is -2.36. The van der Waals surface area contributed by atoms with Gasteiger partial charge < -0.3 is 5.11 Å². The standard InChI is InChI=1S/C11H13N3O3/c1-14(2)13-11(17)9-5-8(6-12-7-9)3-4-10(15)16/h3-7H,1-2H3,(H,13,17)(H,15,16)/b4-3+. The first-order valence-electron chi connectivity index (χ1n) is 4.83. The molecule has 0 aliphatic carbocycles. The molecule has 0 radical (unpaired) electrons. The Bertz CT molecular complexity index is 455. The van der Waals surface area contributed by atoms with Gasteiger partial charge in [-0.05, 0) is 17.7 Å². The lowest BCUT2D eigenvalue weighted by atomic mass is 10.2. The summed E-state index contributed by atoms with van der Waals surface area (Å²) in [7, 11) is 3.39. The van der Waals surface area contributed by atoms with E-state index in [9.17, 15) is 9.59 Å². The van der Waals surface area contributed by atoms with Crippen molar-refractivity contribution in [2.75, 3.05) is 14.1 Å². The third-order valence-electron chi connectivity index (χ3n) is 1.77. The number of aromatic nitrogens is 1. The second-order valence-electron chi connectivity index (χ2n) is 3.51. The van der Waals surface area contributed by atoms with Crippen molar-refractivity contribution in [3.05, 3.63) is 35.7 Å². The molecule has 0 bridgehead atoms. The molecule has 2 N–H and O–H groups in total. The number of nitrogens with zero attached hydrogens (tertiary/aromatic N) is 2. The normalized spacial score (nSPS) is 10.8. The van der Waals surface area contributed by atoms with Crippen LogP contribution in [0.5, 0.6) is 0 Å². The minimum Gasteiger partial charge on any atom is -0.478 e. The highest BCUT2D eigenvalue weighted by molar-refractivity contribution is 5.94. The molecule has 0 atom stereocenters. The second kappa shape index (κ2) is 5.76. The smallest absolute Gasteiger partial charge is 0.328 e. The molecule has 1 aromatic heterocycles. The van der Waals surface area contributed by atoms with Gasteiger partial charge in [-0.15, -0.1) is 0 Å². The van der Waals surface area contributed by atoms with Crippen LogP contribution in [0.4, 0.5) is 0 Å². The predicted octanol–water partition coefficient (Wildman–Crippen LogP) is 0.386. The first-order valence-corrected chi connectivity index (χ1v) is 4.83. The summed E-state index contributed by atoms with van der Waals surface area (Å²) in [5.41, 5.74) is 3.49. The molecule has 90 valence electrons. The summed E-state index contributed by atoms with van der Waals surface area (Å²) in [5, 5.41) is 10.00. The first kappa shape index (κ1) is 12.9. The number of amides is 1. The number of carbonyl (C=O) groups is 2. The summed E-state index contributed by atoms with van der Waals surface area (Å²) in [6, 6.07) is 1.56. The maximum atomic E-state index is 11.6. The van der Waals surface area contributed by atoms with Crippen LogP contribution in [0.3, 0.4) is 0 Å². The van der Waals surface area contributed by atoms with E-state index in [2.05, 4.69) is 10.4 Å². The number of nitrogens with one attached hydrogen (secondary N) is 1. The number of aliphatic carboxylic acids is 1. The molecule has 1 rings (SSSR count). The van der Waals surface area contributed by atoms with Crippen molar-refractivity contribution in [2.45, 2.75) is 0 Å². The quantitative estimate of drug-likeness (QED) is 0.582. The van der Waals surface area contributed by atoms with E-state index >= 15 is 0 Å². The van der Waals surface area contributed by atoms with Crippen molar-refractivity contribution in [1.29, 1.82) is 0 Å². The average molecular weight is 235 g/mol. The SMILES string of the molecule is CN(C)NC(=O)c1cncc(/C=C/C(=O)O)c1. The number of pyridine rings is 1. The minimum absolute atomic E-state index is 0.298. The fourth-order valence-corrected chi connectivity index (χ4v) is 1.11. The van der Waals surface area contributed by atoms with Crippen molar-refractivity contribution < 1.29 is 14.7 Å². The first-order chi connectivity index (χ1) is 7.99. The van der Waals surface area contributed by atoms with Gasteiger partial charge in [0.2, 0.25) is 0 Å². The molecule has 0 aliphatic heterocycles. The Hall–Kier alpha value is -2.21. The fraction of sp³-hybridized carbons (Fsp3) is 0.182. The van der Waals surface area contributed by atoms with E-state index in [4.69, 9.17) is 5.11 Å². The molecule has 0 unspecified atom stereocenters. The van der Waals surface area contributed by atoms with Crippen molar-refractivity contribution >= 4 is 18.0 Å². The Labute approximate surface area is 98.5 Å². The van der Waals surface area contributed by atoms with Gasteiger partial charge in [-0.1, -0.05) is 0 Å². The van der Waals surface area contributed by atoms with Gasteiger partial charge in [0.1, 0.15) is 0 Å². The van der Waals surface area contributed by atoms with Crippen LogP contribution >= 0.6 is 0 Å². The summed E-state index contributed by atoms with van der Waals surface area (Å²) >= 11 is 0. The van der Waals surface area contributed by atoms with Gasteiger partial charge in [-0.2, -0.15) is 0 Å². The maximum Gasteiger partial charge on any atom is 0.328 e. The molecule has 17 heavy (non-hydrogen) atoms. The highest BCUT2D eigenvalue weighted by Gasteiger charge is 2.06. The fourth-order valence-electron chi connectivity index (χ4n) is 1.11. The van der Waals surface area contributed by atoms with Crippen molar-refractivity contribution in [2.24, 2.45) is 0 Å². The van der Waals surface area contributed by atoms with Crippen LogP contribution in [0, 0.1) is 0 Å². The Morgan fingerprint density at radius 3 is 2.71 bits per heavy atom. The average Bonchev–Trinajstić information content (AvgIpc) is 2.26. The molecule has 6 nitrogen and oxygen atoms in total. The van der Waals surface area contributed by atoms with Gasteiger partial charge in [0.15, 0.2) is 0 Å². The Morgan fingerprint density at radius 1 is 1.41 bits per heavy atom. The molecule has 6 heteroatoms. The van der Waals surface area contributed by atoms with E-state index in [-0.39, 0.29) is 5.91 Å². The van der Waals surface area contributed by atoms with Crippen LogP contribution in [-0.4, -0.2) is 41.1 Å². The zero-order valence-corrected chi connectivity index (χ0v) is 9.54. The molecular formula is C11H13N3O3.